The molecule has 0 fully saturated rings. The molecule has 16 heavy (non-hydrogen) atoms. The van der Waals surface area contributed by atoms with E-state index in [2.05, 4.69) is 5.43 Å². The minimum atomic E-state index is -0.591. The van der Waals surface area contributed by atoms with Crippen LogP contribution in [0.1, 0.15) is 5.56 Å². The first kappa shape index (κ1) is 12.5. The zero-order valence-electron chi connectivity index (χ0n) is 9.47. The monoisotopic (exact) mass is 223 g/mol. The van der Waals surface area contributed by atoms with Crippen molar-refractivity contribution < 1.29 is 9.90 Å². The number of nitrogens with zero attached hydrogens (tertiary/aromatic N) is 1. The van der Waals surface area contributed by atoms with Gasteiger partial charge in [0.1, 0.15) is 5.75 Å². The van der Waals surface area contributed by atoms with Crippen molar-refractivity contribution in [1.82, 2.24) is 10.4 Å². The summed E-state index contributed by atoms with van der Waals surface area (Å²) >= 11 is 0. The highest BCUT2D eigenvalue weighted by atomic mass is 16.3. The topological polar surface area (TPSA) is 78.6 Å². The van der Waals surface area contributed by atoms with Crippen LogP contribution in [0, 0.1) is 0 Å². The maximum Gasteiger partial charge on any atom is 0.251 e. The highest BCUT2D eigenvalue weighted by molar-refractivity contribution is 5.81. The van der Waals surface area contributed by atoms with Gasteiger partial charge in [-0.25, -0.2) is 5.01 Å². The molecule has 5 nitrogen and oxygen atoms in total. The van der Waals surface area contributed by atoms with E-state index < -0.39 is 6.04 Å². The summed E-state index contributed by atoms with van der Waals surface area (Å²) in [5, 5.41) is 10.7. The van der Waals surface area contributed by atoms with E-state index in [1.807, 2.05) is 0 Å². The fourth-order valence-corrected chi connectivity index (χ4v) is 1.28. The van der Waals surface area contributed by atoms with Gasteiger partial charge in [-0.3, -0.25) is 10.2 Å². The van der Waals surface area contributed by atoms with Crippen LogP contribution in [0.25, 0.3) is 0 Å². The van der Waals surface area contributed by atoms with Crippen molar-refractivity contribution in [3.63, 3.8) is 0 Å². The molecular formula is C11H17N3O2. The van der Waals surface area contributed by atoms with Crippen LogP contribution in [-0.4, -0.2) is 36.2 Å². The number of hydrogen-bond donors (Lipinski definition) is 3. The predicted molar refractivity (Wildman–Crippen MR) is 61.6 cm³/mol. The summed E-state index contributed by atoms with van der Waals surface area (Å²) in [5.41, 5.74) is 9.24. The van der Waals surface area contributed by atoms with E-state index in [1.54, 1.807) is 43.4 Å². The Kier molecular flexibility index (Phi) is 4.28. The average Bonchev–Trinajstić information content (AvgIpc) is 2.20. The van der Waals surface area contributed by atoms with Gasteiger partial charge in [0, 0.05) is 14.1 Å². The molecule has 0 unspecified atom stereocenters. The Labute approximate surface area is 94.8 Å². The lowest BCUT2D eigenvalue weighted by molar-refractivity contribution is -0.126. The second-order valence-electron chi connectivity index (χ2n) is 3.85. The van der Waals surface area contributed by atoms with Gasteiger partial charge in [0.2, 0.25) is 0 Å². The van der Waals surface area contributed by atoms with Gasteiger partial charge in [0.15, 0.2) is 0 Å². The number of hydrogen-bond acceptors (Lipinski definition) is 4. The number of nitrogens with one attached hydrogen (secondary N) is 1. The molecule has 0 heterocycles. The van der Waals surface area contributed by atoms with Gasteiger partial charge in [0.05, 0.1) is 6.04 Å². The predicted octanol–water partition coefficient (Wildman–Crippen LogP) is -0.145. The molecule has 1 aromatic carbocycles. The van der Waals surface area contributed by atoms with Gasteiger partial charge >= 0.3 is 0 Å². The number of nitrogens with two attached hydrogens (primary N) is 1. The van der Waals surface area contributed by atoms with Crippen LogP contribution in [0.5, 0.6) is 5.75 Å². The molecular weight excluding hydrogens is 206 g/mol. The summed E-state index contributed by atoms with van der Waals surface area (Å²) in [7, 11) is 3.45. The number of rotatable bonds is 4. The molecule has 1 rings (SSSR count). The van der Waals surface area contributed by atoms with Crippen molar-refractivity contribution >= 4 is 5.91 Å². The molecule has 88 valence electrons. The zero-order valence-corrected chi connectivity index (χ0v) is 9.47. The molecule has 0 saturated carbocycles. The molecule has 0 bridgehead atoms. The quantitative estimate of drug-likeness (QED) is 0.620. The summed E-state index contributed by atoms with van der Waals surface area (Å²) < 4.78 is 0. The fraction of sp³-hybridized carbons (Fsp3) is 0.364. The summed E-state index contributed by atoms with van der Waals surface area (Å²) in [5.74, 6) is -0.0202. The Morgan fingerprint density at radius 1 is 1.44 bits per heavy atom. The molecule has 0 radical (unpaired) electrons. The molecule has 0 aromatic heterocycles. The molecule has 0 aliphatic carbocycles. The smallest absolute Gasteiger partial charge is 0.251 e. The van der Waals surface area contributed by atoms with E-state index in [0.29, 0.717) is 6.42 Å². The van der Waals surface area contributed by atoms with Crippen LogP contribution in [0.2, 0.25) is 0 Å². The van der Waals surface area contributed by atoms with E-state index in [-0.39, 0.29) is 11.7 Å². The van der Waals surface area contributed by atoms with Gasteiger partial charge in [-0.2, -0.15) is 0 Å². The zero-order chi connectivity index (χ0) is 12.1. The largest absolute Gasteiger partial charge is 0.508 e. The van der Waals surface area contributed by atoms with Crippen molar-refractivity contribution in [2.75, 3.05) is 14.1 Å². The van der Waals surface area contributed by atoms with Crippen molar-refractivity contribution in [1.29, 1.82) is 0 Å². The van der Waals surface area contributed by atoms with Crippen molar-refractivity contribution in [3.8, 4) is 5.75 Å². The number of phenols is 1. The third-order valence-electron chi connectivity index (χ3n) is 2.06. The first-order valence-corrected chi connectivity index (χ1v) is 5.00. The molecule has 5 heteroatoms. The molecule has 0 spiro atoms. The van der Waals surface area contributed by atoms with Crippen LogP contribution >= 0.6 is 0 Å². The van der Waals surface area contributed by atoms with Crippen LogP contribution in [0.15, 0.2) is 24.3 Å². The lowest BCUT2D eigenvalue weighted by Gasteiger charge is -2.16. The Bertz CT molecular complexity index is 349. The Balaban J connectivity index is 2.53. The van der Waals surface area contributed by atoms with Crippen molar-refractivity contribution in [3.05, 3.63) is 29.8 Å². The average molecular weight is 223 g/mol. The molecule has 1 aromatic rings. The number of phenolic OH excluding ortho intramolecular Hbond substituents is 1. The van der Waals surface area contributed by atoms with Crippen LogP contribution in [-0.2, 0) is 11.2 Å². The maximum atomic E-state index is 11.5. The number of amides is 1. The van der Waals surface area contributed by atoms with E-state index in [4.69, 9.17) is 10.8 Å². The number of hydrazine groups is 1. The van der Waals surface area contributed by atoms with Crippen LogP contribution in [0.3, 0.4) is 0 Å². The van der Waals surface area contributed by atoms with Gasteiger partial charge in [0.25, 0.3) is 5.91 Å². The number of carbonyl (C=O) groups excluding carboxylic acids is 1. The summed E-state index contributed by atoms with van der Waals surface area (Å²) in [6.45, 7) is 0. The van der Waals surface area contributed by atoms with E-state index in [0.717, 1.165) is 5.56 Å². The minimum Gasteiger partial charge on any atom is -0.508 e. The van der Waals surface area contributed by atoms with Gasteiger partial charge in [-0.1, -0.05) is 12.1 Å². The Morgan fingerprint density at radius 2 is 2.00 bits per heavy atom. The third kappa shape index (κ3) is 3.88. The van der Waals surface area contributed by atoms with Gasteiger partial charge < -0.3 is 10.8 Å². The van der Waals surface area contributed by atoms with E-state index in [9.17, 15) is 4.79 Å². The molecule has 1 amide bonds. The standard InChI is InChI=1S/C11H17N3O2/c1-14(2)13-11(16)10(12)7-8-3-5-9(15)6-4-8/h3-6,10,15H,7,12H2,1-2H3,(H,13,16)/t10-/m1/s1. The molecule has 1 atom stereocenters. The Hall–Kier alpha value is -1.59. The second-order valence-corrected chi connectivity index (χ2v) is 3.85. The summed E-state index contributed by atoms with van der Waals surface area (Å²) in [6.07, 6.45) is 0.444. The summed E-state index contributed by atoms with van der Waals surface area (Å²) in [4.78, 5) is 11.5. The second kappa shape index (κ2) is 5.48. The minimum absolute atomic E-state index is 0.204. The van der Waals surface area contributed by atoms with E-state index in [1.165, 1.54) is 0 Å². The number of aromatic hydroxyl groups is 1. The Morgan fingerprint density at radius 3 is 2.50 bits per heavy atom. The third-order valence-corrected chi connectivity index (χ3v) is 2.06. The first-order valence-electron chi connectivity index (χ1n) is 5.00. The van der Waals surface area contributed by atoms with Crippen LogP contribution < -0.4 is 11.2 Å². The normalized spacial score (nSPS) is 12.5. The SMILES string of the molecule is CN(C)NC(=O)[C@H](N)Cc1ccc(O)cc1. The lowest BCUT2D eigenvalue weighted by atomic mass is 10.1. The fourth-order valence-electron chi connectivity index (χ4n) is 1.28. The number of carbonyl (C=O) groups is 1. The highest BCUT2D eigenvalue weighted by Crippen LogP contribution is 2.10. The van der Waals surface area contributed by atoms with Crippen molar-refractivity contribution in [2.45, 2.75) is 12.5 Å². The van der Waals surface area contributed by atoms with Gasteiger partial charge in [-0.05, 0) is 24.1 Å². The molecule has 0 saturated heterocycles. The molecule has 0 aliphatic heterocycles. The lowest BCUT2D eigenvalue weighted by Crippen LogP contribution is -2.47. The maximum absolute atomic E-state index is 11.5. The summed E-state index contributed by atoms with van der Waals surface area (Å²) in [6, 6.07) is 6.06. The van der Waals surface area contributed by atoms with Crippen LogP contribution in [0.4, 0.5) is 0 Å². The highest BCUT2D eigenvalue weighted by Gasteiger charge is 2.14. The molecule has 4 N–H and O–H groups in total. The number of benzene rings is 1. The van der Waals surface area contributed by atoms with E-state index >= 15 is 0 Å². The van der Waals surface area contributed by atoms with Gasteiger partial charge in [-0.15, -0.1) is 0 Å². The van der Waals surface area contributed by atoms with Crippen molar-refractivity contribution in [2.24, 2.45) is 5.73 Å². The molecule has 0 aliphatic rings. The first-order chi connectivity index (χ1) is 7.49.